The molecule has 1 unspecified atom stereocenters. The zero-order chi connectivity index (χ0) is 10.3. The van der Waals surface area contributed by atoms with E-state index in [4.69, 9.17) is 4.74 Å². The summed E-state index contributed by atoms with van der Waals surface area (Å²) in [5.74, 6) is 0.573. The zero-order valence-corrected chi connectivity index (χ0v) is 9.90. The number of nitrogens with zero attached hydrogens (tertiary/aromatic N) is 1. The van der Waals surface area contributed by atoms with Crippen molar-refractivity contribution >= 4 is 22.1 Å². The monoisotopic (exact) mass is 265 g/mol. The summed E-state index contributed by atoms with van der Waals surface area (Å²) in [5.41, 5.74) is 2.61. The molecule has 0 bridgehead atoms. The van der Waals surface area contributed by atoms with Crippen LogP contribution in [0.4, 0.5) is 0 Å². The lowest BCUT2D eigenvalue weighted by Crippen LogP contribution is -2.09. The molecule has 78 valence electrons. The third kappa shape index (κ3) is 1.64. The predicted molar refractivity (Wildman–Crippen MR) is 63.4 cm³/mol. The Hall–Kier alpha value is -0.670. The first-order chi connectivity index (χ1) is 7.34. The van der Waals surface area contributed by atoms with Crippen molar-refractivity contribution in [3.8, 4) is 0 Å². The van der Waals surface area contributed by atoms with Crippen LogP contribution in [-0.4, -0.2) is 19.4 Å². The highest BCUT2D eigenvalue weighted by Gasteiger charge is 2.30. The average Bonchev–Trinajstić information content (AvgIpc) is 2.82. The van der Waals surface area contributed by atoms with Gasteiger partial charge in [0.1, 0.15) is 0 Å². The van der Waals surface area contributed by atoms with Gasteiger partial charge in [-0.25, -0.2) is 0 Å². The first-order valence-corrected chi connectivity index (χ1v) is 6.04. The molecule has 1 saturated heterocycles. The van der Waals surface area contributed by atoms with Crippen molar-refractivity contribution < 1.29 is 4.74 Å². The number of ether oxygens (including phenoxy) is 1. The van der Waals surface area contributed by atoms with Gasteiger partial charge in [0.15, 0.2) is 0 Å². The van der Waals surface area contributed by atoms with E-state index in [1.54, 1.807) is 0 Å². The minimum Gasteiger partial charge on any atom is -0.381 e. The standard InChI is InChI=1S/C12H12BrNO/c13-10-1-2-11-9(5-10)6-14-12(11)8-3-4-15-7-8/h1-2,5-6,8,12H,3-4,7H2/t8-,12?/m0/s1. The van der Waals surface area contributed by atoms with E-state index in [2.05, 4.69) is 39.1 Å². The van der Waals surface area contributed by atoms with Crippen molar-refractivity contribution in [2.75, 3.05) is 13.2 Å². The Bertz CT molecular complexity index is 410. The molecular formula is C12H12BrNO. The molecule has 2 heterocycles. The molecule has 2 nitrogen and oxygen atoms in total. The van der Waals surface area contributed by atoms with Crippen LogP contribution in [0.15, 0.2) is 27.7 Å². The van der Waals surface area contributed by atoms with Crippen LogP contribution in [0.3, 0.4) is 0 Å². The van der Waals surface area contributed by atoms with Gasteiger partial charge in [-0.2, -0.15) is 0 Å². The lowest BCUT2D eigenvalue weighted by Gasteiger charge is -2.15. The van der Waals surface area contributed by atoms with E-state index < -0.39 is 0 Å². The lowest BCUT2D eigenvalue weighted by molar-refractivity contribution is 0.181. The molecule has 0 amide bonds. The highest BCUT2D eigenvalue weighted by atomic mass is 79.9. The largest absolute Gasteiger partial charge is 0.381 e. The van der Waals surface area contributed by atoms with Gasteiger partial charge in [0.25, 0.3) is 0 Å². The summed E-state index contributed by atoms with van der Waals surface area (Å²) < 4.78 is 6.55. The van der Waals surface area contributed by atoms with Crippen LogP contribution in [0.1, 0.15) is 23.6 Å². The van der Waals surface area contributed by atoms with Crippen molar-refractivity contribution in [2.45, 2.75) is 12.5 Å². The molecule has 1 fully saturated rings. The maximum absolute atomic E-state index is 5.43. The molecule has 0 aliphatic carbocycles. The van der Waals surface area contributed by atoms with Crippen LogP contribution >= 0.6 is 15.9 Å². The lowest BCUT2D eigenvalue weighted by atomic mass is 9.92. The summed E-state index contributed by atoms with van der Waals surface area (Å²) >= 11 is 3.48. The van der Waals surface area contributed by atoms with E-state index in [1.807, 2.05) is 6.21 Å². The number of hydrogen-bond donors (Lipinski definition) is 0. The SMILES string of the molecule is Brc1ccc2c(c1)C=NC2[C@H]1CCOC1. The minimum absolute atomic E-state index is 0.329. The zero-order valence-electron chi connectivity index (χ0n) is 8.32. The van der Waals surface area contributed by atoms with Gasteiger partial charge in [-0.15, -0.1) is 0 Å². The fourth-order valence-electron chi connectivity index (χ4n) is 2.35. The first-order valence-electron chi connectivity index (χ1n) is 5.25. The second kappa shape index (κ2) is 3.72. The van der Waals surface area contributed by atoms with Gasteiger partial charge < -0.3 is 4.74 Å². The number of aliphatic imine (C=N–C) groups is 1. The third-order valence-electron chi connectivity index (χ3n) is 3.15. The van der Waals surface area contributed by atoms with Crippen LogP contribution in [0.25, 0.3) is 0 Å². The van der Waals surface area contributed by atoms with Crippen LogP contribution in [0, 0.1) is 5.92 Å². The molecule has 2 atom stereocenters. The quantitative estimate of drug-likeness (QED) is 0.765. The van der Waals surface area contributed by atoms with Crippen molar-refractivity contribution in [2.24, 2.45) is 10.9 Å². The van der Waals surface area contributed by atoms with Crippen LogP contribution in [-0.2, 0) is 4.74 Å². The third-order valence-corrected chi connectivity index (χ3v) is 3.65. The van der Waals surface area contributed by atoms with E-state index >= 15 is 0 Å². The van der Waals surface area contributed by atoms with Crippen LogP contribution in [0.2, 0.25) is 0 Å². The van der Waals surface area contributed by atoms with E-state index in [1.165, 1.54) is 11.1 Å². The van der Waals surface area contributed by atoms with Gasteiger partial charge in [-0.05, 0) is 29.7 Å². The summed E-state index contributed by atoms with van der Waals surface area (Å²) in [6.07, 6.45) is 3.13. The Morgan fingerprint density at radius 3 is 3.13 bits per heavy atom. The smallest absolute Gasteiger partial charge is 0.0806 e. The molecule has 2 aliphatic rings. The summed E-state index contributed by atoms with van der Waals surface area (Å²) in [5, 5.41) is 0. The normalized spacial score (nSPS) is 28.3. The van der Waals surface area contributed by atoms with Crippen molar-refractivity contribution in [3.63, 3.8) is 0 Å². The first kappa shape index (κ1) is 9.55. The highest BCUT2D eigenvalue weighted by Crippen LogP contribution is 2.37. The minimum atomic E-state index is 0.329. The van der Waals surface area contributed by atoms with Gasteiger partial charge in [-0.3, -0.25) is 4.99 Å². The molecule has 0 N–H and O–H groups in total. The van der Waals surface area contributed by atoms with E-state index in [9.17, 15) is 0 Å². The number of benzene rings is 1. The highest BCUT2D eigenvalue weighted by molar-refractivity contribution is 9.10. The Morgan fingerprint density at radius 1 is 1.40 bits per heavy atom. The van der Waals surface area contributed by atoms with Gasteiger partial charge in [-0.1, -0.05) is 22.0 Å². The second-order valence-corrected chi connectivity index (χ2v) is 5.04. The molecule has 1 aromatic rings. The number of rotatable bonds is 1. The fraction of sp³-hybridized carbons (Fsp3) is 0.417. The second-order valence-electron chi connectivity index (χ2n) is 4.12. The van der Waals surface area contributed by atoms with Crippen LogP contribution < -0.4 is 0 Å². The Kier molecular flexibility index (Phi) is 2.37. The van der Waals surface area contributed by atoms with Gasteiger partial charge in [0, 0.05) is 23.2 Å². The summed E-state index contributed by atoms with van der Waals surface area (Å²) in [6, 6.07) is 6.73. The Morgan fingerprint density at radius 2 is 2.33 bits per heavy atom. The average molecular weight is 266 g/mol. The maximum atomic E-state index is 5.43. The van der Waals surface area contributed by atoms with E-state index in [0.29, 0.717) is 12.0 Å². The Labute approximate surface area is 97.5 Å². The molecular weight excluding hydrogens is 254 g/mol. The number of halogens is 1. The summed E-state index contributed by atoms with van der Waals surface area (Å²) in [4.78, 5) is 4.60. The van der Waals surface area contributed by atoms with Crippen molar-refractivity contribution in [1.82, 2.24) is 0 Å². The molecule has 3 heteroatoms. The summed E-state index contributed by atoms with van der Waals surface area (Å²) in [7, 11) is 0. The predicted octanol–water partition coefficient (Wildman–Crippen LogP) is 2.96. The molecule has 1 aromatic carbocycles. The number of fused-ring (bicyclic) bond motifs is 1. The molecule has 0 saturated carbocycles. The summed E-state index contributed by atoms with van der Waals surface area (Å²) in [6.45, 7) is 1.75. The number of hydrogen-bond acceptors (Lipinski definition) is 2. The molecule has 3 rings (SSSR count). The molecule has 0 spiro atoms. The van der Waals surface area contributed by atoms with E-state index in [0.717, 1.165) is 24.1 Å². The Balaban J connectivity index is 1.94. The van der Waals surface area contributed by atoms with Gasteiger partial charge in [0.2, 0.25) is 0 Å². The van der Waals surface area contributed by atoms with Crippen LogP contribution in [0.5, 0.6) is 0 Å². The van der Waals surface area contributed by atoms with E-state index in [-0.39, 0.29) is 0 Å². The van der Waals surface area contributed by atoms with Gasteiger partial charge >= 0.3 is 0 Å². The maximum Gasteiger partial charge on any atom is 0.0806 e. The molecule has 2 aliphatic heterocycles. The molecule has 0 aromatic heterocycles. The fourth-order valence-corrected chi connectivity index (χ4v) is 2.72. The topological polar surface area (TPSA) is 21.6 Å². The molecule has 15 heavy (non-hydrogen) atoms. The van der Waals surface area contributed by atoms with Gasteiger partial charge in [0.05, 0.1) is 12.6 Å². The van der Waals surface area contributed by atoms with Crippen molar-refractivity contribution in [3.05, 3.63) is 33.8 Å². The molecule has 0 radical (unpaired) electrons. The van der Waals surface area contributed by atoms with Crippen molar-refractivity contribution in [1.29, 1.82) is 0 Å².